The van der Waals surface area contributed by atoms with Gasteiger partial charge in [0.25, 0.3) is 0 Å². The summed E-state index contributed by atoms with van der Waals surface area (Å²) in [4.78, 5) is 0. The Labute approximate surface area is 107 Å². The maximum Gasteiger partial charge on any atom is 0 e. The van der Waals surface area contributed by atoms with Crippen LogP contribution in [0.2, 0.25) is 0 Å². The Bertz CT molecular complexity index is 294. The number of rotatable bonds is 1. The zero-order chi connectivity index (χ0) is 9.80. The second kappa shape index (κ2) is 6.45. The minimum absolute atomic E-state index is 0. The van der Waals surface area contributed by atoms with Gasteiger partial charge in [0.2, 0.25) is 0 Å². The smallest absolute Gasteiger partial charge is 0 e. The zero-order valence-electron chi connectivity index (χ0n) is 9.52. The average molecular weight is 381 g/mol. The molecule has 0 N–H and O–H groups in total. The van der Waals surface area contributed by atoms with E-state index in [2.05, 4.69) is 25.2 Å². The van der Waals surface area contributed by atoms with Crippen molar-refractivity contribution in [1.82, 2.24) is 0 Å². The standard InChI is InChI=1S/C14H20.Ir/c1-12-8-7-11-14(12)13-9-5-3-2-4-6-10-13;/h2-3,10H,4-9,11H2,1H3;. The fourth-order valence-corrected chi connectivity index (χ4v) is 2.53. The third-order valence-corrected chi connectivity index (χ3v) is 3.35. The van der Waals surface area contributed by atoms with Crippen LogP contribution in [-0.2, 0) is 20.1 Å². The van der Waals surface area contributed by atoms with Crippen LogP contribution in [0.15, 0.2) is 34.9 Å². The largest absolute Gasteiger partial charge is 0.0882 e. The van der Waals surface area contributed by atoms with Crippen LogP contribution in [0, 0.1) is 0 Å². The van der Waals surface area contributed by atoms with Crippen molar-refractivity contribution in [2.45, 2.75) is 51.9 Å². The van der Waals surface area contributed by atoms with E-state index in [-0.39, 0.29) is 20.1 Å². The summed E-state index contributed by atoms with van der Waals surface area (Å²) in [7, 11) is 0. The van der Waals surface area contributed by atoms with E-state index in [1.165, 1.54) is 44.9 Å². The van der Waals surface area contributed by atoms with Crippen molar-refractivity contribution in [2.75, 3.05) is 0 Å². The first kappa shape index (κ1) is 12.9. The fraction of sp³-hybridized carbons (Fsp3) is 0.571. The third kappa shape index (κ3) is 3.43. The van der Waals surface area contributed by atoms with Crippen LogP contribution in [0.25, 0.3) is 0 Å². The van der Waals surface area contributed by atoms with Crippen LogP contribution in [0.4, 0.5) is 0 Å². The first-order valence-corrected chi connectivity index (χ1v) is 5.91. The van der Waals surface area contributed by atoms with Gasteiger partial charge in [-0.2, -0.15) is 0 Å². The summed E-state index contributed by atoms with van der Waals surface area (Å²) in [6, 6.07) is 0. The molecule has 0 saturated carbocycles. The molecular formula is C14H20Ir. The van der Waals surface area contributed by atoms with Crippen LogP contribution in [0.5, 0.6) is 0 Å². The predicted molar refractivity (Wildman–Crippen MR) is 62.2 cm³/mol. The van der Waals surface area contributed by atoms with Crippen molar-refractivity contribution in [3.05, 3.63) is 34.9 Å². The first-order valence-electron chi connectivity index (χ1n) is 5.91. The molecule has 0 aromatic rings. The summed E-state index contributed by atoms with van der Waals surface area (Å²) < 4.78 is 0. The Morgan fingerprint density at radius 1 is 0.933 bits per heavy atom. The fourth-order valence-electron chi connectivity index (χ4n) is 2.53. The summed E-state index contributed by atoms with van der Waals surface area (Å²) in [5.41, 5.74) is 5.01. The first-order chi connectivity index (χ1) is 6.88. The zero-order valence-corrected chi connectivity index (χ0v) is 11.9. The molecule has 85 valence electrons. The molecule has 0 saturated heterocycles. The normalized spacial score (nSPS) is 21.8. The minimum atomic E-state index is 0. The quantitative estimate of drug-likeness (QED) is 0.586. The van der Waals surface area contributed by atoms with Gasteiger partial charge in [-0.25, -0.2) is 0 Å². The Balaban J connectivity index is 0.00000112. The average Bonchev–Trinajstić information content (AvgIpc) is 2.51. The molecule has 2 aliphatic carbocycles. The molecule has 0 unspecified atom stereocenters. The van der Waals surface area contributed by atoms with E-state index < -0.39 is 0 Å². The van der Waals surface area contributed by atoms with E-state index >= 15 is 0 Å². The summed E-state index contributed by atoms with van der Waals surface area (Å²) in [5.74, 6) is 0. The SMILES string of the molecule is CC1=C(C2=CCCC=CCC2)CCC1.[Ir]. The maximum absolute atomic E-state index is 2.48. The van der Waals surface area contributed by atoms with E-state index in [1.54, 1.807) is 16.7 Å². The summed E-state index contributed by atoms with van der Waals surface area (Å²) in [6.07, 6.45) is 16.2. The van der Waals surface area contributed by atoms with Gasteiger partial charge < -0.3 is 0 Å². The summed E-state index contributed by atoms with van der Waals surface area (Å²) >= 11 is 0. The van der Waals surface area contributed by atoms with E-state index in [0.29, 0.717) is 0 Å². The van der Waals surface area contributed by atoms with Gasteiger partial charge in [-0.05, 0) is 63.0 Å². The van der Waals surface area contributed by atoms with Crippen molar-refractivity contribution in [3.8, 4) is 0 Å². The van der Waals surface area contributed by atoms with Gasteiger partial charge in [0.05, 0.1) is 0 Å². The molecule has 0 fully saturated rings. The second-order valence-electron chi connectivity index (χ2n) is 4.43. The monoisotopic (exact) mass is 381 g/mol. The molecule has 2 rings (SSSR count). The van der Waals surface area contributed by atoms with Crippen LogP contribution < -0.4 is 0 Å². The van der Waals surface area contributed by atoms with E-state index in [0.717, 1.165) is 0 Å². The molecule has 0 aliphatic heterocycles. The van der Waals surface area contributed by atoms with Gasteiger partial charge in [-0.15, -0.1) is 0 Å². The van der Waals surface area contributed by atoms with Crippen LogP contribution in [0.3, 0.4) is 0 Å². The van der Waals surface area contributed by atoms with Crippen molar-refractivity contribution in [3.63, 3.8) is 0 Å². The molecule has 2 aliphatic rings. The van der Waals surface area contributed by atoms with Crippen LogP contribution in [0.1, 0.15) is 51.9 Å². The van der Waals surface area contributed by atoms with Gasteiger partial charge in [-0.1, -0.05) is 23.8 Å². The molecule has 1 heteroatoms. The molecule has 0 aromatic carbocycles. The molecule has 15 heavy (non-hydrogen) atoms. The predicted octanol–water partition coefficient (Wildman–Crippen LogP) is 4.54. The van der Waals surface area contributed by atoms with Crippen molar-refractivity contribution >= 4 is 0 Å². The van der Waals surface area contributed by atoms with Gasteiger partial charge in [0, 0.05) is 20.1 Å². The van der Waals surface area contributed by atoms with Crippen molar-refractivity contribution in [2.24, 2.45) is 0 Å². The second-order valence-corrected chi connectivity index (χ2v) is 4.43. The summed E-state index contributed by atoms with van der Waals surface area (Å²) in [5, 5.41) is 0. The Morgan fingerprint density at radius 2 is 1.73 bits per heavy atom. The molecular weight excluding hydrogens is 360 g/mol. The Hall–Kier alpha value is -0.131. The maximum atomic E-state index is 2.48. The molecule has 0 aromatic heterocycles. The van der Waals surface area contributed by atoms with Gasteiger partial charge in [0.15, 0.2) is 0 Å². The molecule has 0 heterocycles. The minimum Gasteiger partial charge on any atom is -0.0882 e. The number of hydrogen-bond donors (Lipinski definition) is 0. The molecule has 0 atom stereocenters. The molecule has 1 radical (unpaired) electrons. The van der Waals surface area contributed by atoms with Crippen molar-refractivity contribution < 1.29 is 20.1 Å². The number of allylic oxidation sites excluding steroid dienone is 6. The van der Waals surface area contributed by atoms with Crippen LogP contribution in [-0.4, -0.2) is 0 Å². The number of hydrogen-bond acceptors (Lipinski definition) is 0. The van der Waals surface area contributed by atoms with E-state index in [1.807, 2.05) is 0 Å². The topological polar surface area (TPSA) is 0 Å². The Kier molecular flexibility index (Phi) is 5.56. The molecule has 0 bridgehead atoms. The summed E-state index contributed by atoms with van der Waals surface area (Å²) in [6.45, 7) is 2.32. The molecule has 0 nitrogen and oxygen atoms in total. The van der Waals surface area contributed by atoms with Gasteiger partial charge >= 0.3 is 0 Å². The molecule has 0 amide bonds. The van der Waals surface area contributed by atoms with Crippen molar-refractivity contribution in [1.29, 1.82) is 0 Å². The van der Waals surface area contributed by atoms with E-state index in [9.17, 15) is 0 Å². The van der Waals surface area contributed by atoms with Crippen LogP contribution >= 0.6 is 0 Å². The van der Waals surface area contributed by atoms with E-state index in [4.69, 9.17) is 0 Å². The Morgan fingerprint density at radius 3 is 2.47 bits per heavy atom. The van der Waals surface area contributed by atoms with Gasteiger partial charge in [0.1, 0.15) is 0 Å². The molecule has 0 spiro atoms. The third-order valence-electron chi connectivity index (χ3n) is 3.35. The van der Waals surface area contributed by atoms with Gasteiger partial charge in [-0.3, -0.25) is 0 Å².